The second kappa shape index (κ2) is 4.73. The second-order valence-electron chi connectivity index (χ2n) is 4.01. The van der Waals surface area contributed by atoms with Gasteiger partial charge < -0.3 is 11.1 Å². The van der Waals surface area contributed by atoms with Crippen molar-refractivity contribution in [2.45, 2.75) is 18.8 Å². The third-order valence-corrected chi connectivity index (χ3v) is 3.24. The molecule has 0 spiro atoms. The van der Waals surface area contributed by atoms with Crippen molar-refractivity contribution in [3.63, 3.8) is 0 Å². The van der Waals surface area contributed by atoms with Crippen LogP contribution < -0.4 is 11.1 Å². The summed E-state index contributed by atoms with van der Waals surface area (Å²) in [6.45, 7) is 2.25. The third-order valence-electron chi connectivity index (χ3n) is 3.01. The van der Waals surface area contributed by atoms with Crippen LogP contribution >= 0.6 is 12.2 Å². The number of benzene rings is 1. The normalized spacial score (nSPS) is 17.6. The lowest BCUT2D eigenvalue weighted by Gasteiger charge is -2.23. The highest BCUT2D eigenvalue weighted by Crippen LogP contribution is 2.25. The van der Waals surface area contributed by atoms with E-state index in [0.717, 1.165) is 18.7 Å². The van der Waals surface area contributed by atoms with E-state index in [2.05, 4.69) is 17.4 Å². The summed E-state index contributed by atoms with van der Waals surface area (Å²) in [4.78, 5) is 0.479. The number of thiocarbonyl (C=S) groups is 1. The number of piperidine rings is 1. The first-order valence-electron chi connectivity index (χ1n) is 5.38. The van der Waals surface area contributed by atoms with Crippen molar-refractivity contribution in [2.24, 2.45) is 5.73 Å². The van der Waals surface area contributed by atoms with Crippen LogP contribution in [0.1, 0.15) is 29.9 Å². The molecule has 1 saturated heterocycles. The minimum Gasteiger partial charge on any atom is -0.389 e. The number of nitrogens with one attached hydrogen (secondary N) is 1. The fourth-order valence-corrected chi connectivity index (χ4v) is 2.21. The average Bonchev–Trinajstić information content (AvgIpc) is 2.30. The zero-order valence-corrected chi connectivity index (χ0v) is 9.52. The maximum atomic E-state index is 5.56. The van der Waals surface area contributed by atoms with Crippen molar-refractivity contribution < 1.29 is 0 Å². The van der Waals surface area contributed by atoms with E-state index in [9.17, 15) is 0 Å². The molecule has 0 aromatic heterocycles. The molecule has 15 heavy (non-hydrogen) atoms. The molecule has 0 atom stereocenters. The molecule has 1 heterocycles. The molecule has 1 aromatic rings. The van der Waals surface area contributed by atoms with Crippen molar-refractivity contribution in [1.82, 2.24) is 5.32 Å². The largest absolute Gasteiger partial charge is 0.389 e. The van der Waals surface area contributed by atoms with Crippen molar-refractivity contribution in [1.29, 1.82) is 0 Å². The van der Waals surface area contributed by atoms with Crippen LogP contribution in [0.4, 0.5) is 0 Å². The summed E-state index contributed by atoms with van der Waals surface area (Å²) in [6, 6.07) is 8.37. The van der Waals surface area contributed by atoms with Gasteiger partial charge in [-0.2, -0.15) is 0 Å². The molecule has 0 unspecified atom stereocenters. The van der Waals surface area contributed by atoms with Crippen molar-refractivity contribution in [2.75, 3.05) is 13.1 Å². The fourth-order valence-electron chi connectivity index (χ4n) is 2.07. The van der Waals surface area contributed by atoms with Gasteiger partial charge >= 0.3 is 0 Å². The van der Waals surface area contributed by atoms with Gasteiger partial charge in [-0.05, 0) is 37.4 Å². The smallest absolute Gasteiger partial charge is 0.103 e. The van der Waals surface area contributed by atoms with E-state index in [1.165, 1.54) is 18.4 Å². The highest BCUT2D eigenvalue weighted by Gasteiger charge is 2.14. The summed E-state index contributed by atoms with van der Waals surface area (Å²) < 4.78 is 0. The summed E-state index contributed by atoms with van der Waals surface area (Å²) in [5.41, 5.74) is 7.94. The van der Waals surface area contributed by atoms with Gasteiger partial charge in [0.15, 0.2) is 0 Å². The van der Waals surface area contributed by atoms with Crippen LogP contribution in [0.25, 0.3) is 0 Å². The van der Waals surface area contributed by atoms with Gasteiger partial charge in [-0.3, -0.25) is 0 Å². The Labute approximate surface area is 95.9 Å². The summed E-state index contributed by atoms with van der Waals surface area (Å²) in [7, 11) is 0. The lowest BCUT2D eigenvalue weighted by Crippen LogP contribution is -2.26. The zero-order chi connectivity index (χ0) is 10.7. The minimum atomic E-state index is 0.479. The Kier molecular flexibility index (Phi) is 3.34. The van der Waals surface area contributed by atoms with Gasteiger partial charge in [0, 0.05) is 5.56 Å². The highest BCUT2D eigenvalue weighted by atomic mass is 32.1. The van der Waals surface area contributed by atoms with Gasteiger partial charge in [-0.15, -0.1) is 0 Å². The Morgan fingerprint density at radius 1 is 1.20 bits per heavy atom. The quantitative estimate of drug-likeness (QED) is 0.746. The molecule has 0 aliphatic carbocycles. The van der Waals surface area contributed by atoms with E-state index >= 15 is 0 Å². The lowest BCUT2D eigenvalue weighted by molar-refractivity contribution is 0.460. The first-order chi connectivity index (χ1) is 7.27. The van der Waals surface area contributed by atoms with E-state index in [1.807, 2.05) is 12.1 Å². The molecule has 0 radical (unpaired) electrons. The number of hydrogen-bond donors (Lipinski definition) is 2. The van der Waals surface area contributed by atoms with Gasteiger partial charge in [0.25, 0.3) is 0 Å². The Morgan fingerprint density at radius 2 is 1.80 bits per heavy atom. The minimum absolute atomic E-state index is 0.479. The molecule has 1 aliphatic rings. The van der Waals surface area contributed by atoms with E-state index < -0.39 is 0 Å². The highest BCUT2D eigenvalue weighted by molar-refractivity contribution is 7.80. The molecule has 1 aliphatic heterocycles. The van der Waals surface area contributed by atoms with Gasteiger partial charge in [-0.1, -0.05) is 36.5 Å². The van der Waals surface area contributed by atoms with Crippen molar-refractivity contribution in [3.8, 4) is 0 Å². The molecular formula is C12H16N2S. The lowest BCUT2D eigenvalue weighted by atomic mass is 9.90. The van der Waals surface area contributed by atoms with Crippen molar-refractivity contribution in [3.05, 3.63) is 35.4 Å². The summed E-state index contributed by atoms with van der Waals surface area (Å²) in [5.74, 6) is 0.701. The van der Waals surface area contributed by atoms with Gasteiger partial charge in [-0.25, -0.2) is 0 Å². The van der Waals surface area contributed by atoms with Crippen molar-refractivity contribution >= 4 is 17.2 Å². The first kappa shape index (κ1) is 10.6. The van der Waals surface area contributed by atoms with Gasteiger partial charge in [0.05, 0.1) is 0 Å². The molecule has 0 amide bonds. The van der Waals surface area contributed by atoms with Gasteiger partial charge in [0.1, 0.15) is 4.99 Å². The molecule has 1 aromatic carbocycles. The molecule has 2 nitrogen and oxygen atoms in total. The Bertz CT molecular complexity index is 339. The number of hydrogen-bond acceptors (Lipinski definition) is 2. The van der Waals surface area contributed by atoms with Crippen LogP contribution in [0.5, 0.6) is 0 Å². The predicted octanol–water partition coefficient (Wildman–Crippen LogP) is 1.79. The standard InChI is InChI=1S/C12H16N2S/c13-12(15)11-3-1-9(2-4-11)10-5-7-14-8-6-10/h1-4,10,14H,5-8H2,(H2,13,15). The maximum absolute atomic E-state index is 5.56. The van der Waals surface area contributed by atoms with Gasteiger partial charge in [0.2, 0.25) is 0 Å². The maximum Gasteiger partial charge on any atom is 0.103 e. The molecule has 0 saturated carbocycles. The summed E-state index contributed by atoms with van der Waals surface area (Å²) in [5, 5.41) is 3.37. The predicted molar refractivity (Wildman–Crippen MR) is 67.2 cm³/mol. The fraction of sp³-hybridized carbons (Fsp3) is 0.417. The molecular weight excluding hydrogens is 204 g/mol. The van der Waals surface area contributed by atoms with Crippen LogP contribution in [-0.2, 0) is 0 Å². The molecule has 1 fully saturated rings. The topological polar surface area (TPSA) is 38.0 Å². The summed E-state index contributed by atoms with van der Waals surface area (Å²) in [6.07, 6.45) is 2.46. The Morgan fingerprint density at radius 3 is 2.33 bits per heavy atom. The van der Waals surface area contributed by atoms with Crippen LogP contribution in [-0.4, -0.2) is 18.1 Å². The van der Waals surface area contributed by atoms with E-state index in [1.54, 1.807) is 0 Å². The van der Waals surface area contributed by atoms with Crippen LogP contribution in [0.2, 0.25) is 0 Å². The zero-order valence-electron chi connectivity index (χ0n) is 8.70. The molecule has 3 N–H and O–H groups in total. The first-order valence-corrected chi connectivity index (χ1v) is 5.78. The number of rotatable bonds is 2. The van der Waals surface area contributed by atoms with E-state index in [-0.39, 0.29) is 0 Å². The average molecular weight is 220 g/mol. The number of nitrogens with two attached hydrogens (primary N) is 1. The van der Waals surface area contributed by atoms with Crippen LogP contribution in [0, 0.1) is 0 Å². The molecule has 80 valence electrons. The second-order valence-corrected chi connectivity index (χ2v) is 4.45. The van der Waals surface area contributed by atoms with E-state index in [4.69, 9.17) is 18.0 Å². The monoisotopic (exact) mass is 220 g/mol. The molecule has 3 heteroatoms. The molecule has 0 bridgehead atoms. The summed E-state index contributed by atoms with van der Waals surface area (Å²) >= 11 is 4.93. The third kappa shape index (κ3) is 2.55. The molecule has 2 rings (SSSR count). The Hall–Kier alpha value is -0.930. The Balaban J connectivity index is 2.11. The van der Waals surface area contributed by atoms with E-state index in [0.29, 0.717) is 10.9 Å². The van der Waals surface area contributed by atoms with Crippen LogP contribution in [0.15, 0.2) is 24.3 Å². The SMILES string of the molecule is NC(=S)c1ccc(C2CCNCC2)cc1. The van der Waals surface area contributed by atoms with Crippen LogP contribution in [0.3, 0.4) is 0 Å².